The summed E-state index contributed by atoms with van der Waals surface area (Å²) in [5.41, 5.74) is 6.50. The number of ether oxygens (including phenoxy) is 1. The maximum Gasteiger partial charge on any atom is 0.335 e. The Morgan fingerprint density at radius 2 is 1.78 bits per heavy atom. The summed E-state index contributed by atoms with van der Waals surface area (Å²) < 4.78 is 13.5. The van der Waals surface area contributed by atoms with Gasteiger partial charge in [-0.15, -0.1) is 0 Å². The second-order valence-electron chi connectivity index (χ2n) is 10.6. The molecule has 0 radical (unpaired) electrons. The summed E-state index contributed by atoms with van der Waals surface area (Å²) in [5, 5.41) is 10.6. The quantitative estimate of drug-likeness (QED) is 0.227. The number of imidazole rings is 1. The first-order valence-electron chi connectivity index (χ1n) is 14.0. The average Bonchev–Trinajstić information content (AvgIpc) is 3.69. The van der Waals surface area contributed by atoms with Crippen molar-refractivity contribution in [3.63, 3.8) is 0 Å². The summed E-state index contributed by atoms with van der Waals surface area (Å²) in [5.74, 6) is 1.44. The molecular weight excluding hydrogens is 514 g/mol. The number of nitrogens with zero attached hydrogens (tertiary/aromatic N) is 3. The predicted octanol–water partition coefficient (Wildman–Crippen LogP) is 8.39. The van der Waals surface area contributed by atoms with Crippen LogP contribution in [0.25, 0.3) is 55.9 Å². The molecule has 7 rings (SSSR count). The molecule has 7 nitrogen and oxygen atoms in total. The third-order valence-corrected chi connectivity index (χ3v) is 8.11. The maximum absolute atomic E-state index is 11.7. The number of furan rings is 1. The smallest absolute Gasteiger partial charge is 0.335 e. The van der Waals surface area contributed by atoms with Gasteiger partial charge in [-0.05, 0) is 85.6 Å². The van der Waals surface area contributed by atoms with E-state index in [1.807, 2.05) is 48.5 Å². The highest BCUT2D eigenvalue weighted by Gasteiger charge is 2.23. The van der Waals surface area contributed by atoms with E-state index in [1.54, 1.807) is 25.5 Å². The minimum atomic E-state index is -0.945. The lowest BCUT2D eigenvalue weighted by atomic mass is 9.94. The van der Waals surface area contributed by atoms with Crippen molar-refractivity contribution in [3.05, 3.63) is 90.7 Å². The minimum Gasteiger partial charge on any atom is -0.497 e. The van der Waals surface area contributed by atoms with Gasteiger partial charge in [0, 0.05) is 28.1 Å². The summed E-state index contributed by atoms with van der Waals surface area (Å²) in [6, 6.07) is 25.7. The molecule has 0 aliphatic heterocycles. The molecule has 0 unspecified atom stereocenters. The van der Waals surface area contributed by atoms with E-state index in [-0.39, 0.29) is 5.56 Å². The van der Waals surface area contributed by atoms with Crippen LogP contribution < -0.4 is 4.74 Å². The van der Waals surface area contributed by atoms with Crippen LogP contribution in [0, 0.1) is 0 Å². The van der Waals surface area contributed by atoms with Crippen LogP contribution in [0.3, 0.4) is 0 Å². The first kappa shape index (κ1) is 25.1. The lowest BCUT2D eigenvalue weighted by molar-refractivity contribution is 0.0697. The Morgan fingerprint density at radius 3 is 2.56 bits per heavy atom. The fourth-order valence-corrected chi connectivity index (χ4v) is 6.07. The van der Waals surface area contributed by atoms with Crippen LogP contribution in [0.1, 0.15) is 48.5 Å². The molecule has 3 heterocycles. The number of hydrogen-bond acceptors (Lipinski definition) is 5. The molecule has 1 aliphatic rings. The number of carboxylic acid groups (broad SMARTS) is 1. The van der Waals surface area contributed by atoms with Crippen molar-refractivity contribution in [2.24, 2.45) is 0 Å². The van der Waals surface area contributed by atoms with E-state index < -0.39 is 5.97 Å². The zero-order valence-corrected chi connectivity index (χ0v) is 22.7. The molecule has 1 saturated carbocycles. The first-order chi connectivity index (χ1) is 20.1. The molecular formula is C34H29N3O4. The molecule has 0 saturated heterocycles. The molecule has 3 aromatic heterocycles. The van der Waals surface area contributed by atoms with Gasteiger partial charge >= 0.3 is 5.97 Å². The highest BCUT2D eigenvalue weighted by Crippen LogP contribution is 2.38. The molecule has 41 heavy (non-hydrogen) atoms. The summed E-state index contributed by atoms with van der Waals surface area (Å²) in [6.07, 6.45) is 7.48. The number of methoxy groups -OCH3 is 1. The van der Waals surface area contributed by atoms with Crippen LogP contribution in [0.2, 0.25) is 0 Å². The number of carboxylic acids is 1. The van der Waals surface area contributed by atoms with Crippen molar-refractivity contribution in [2.45, 2.75) is 38.1 Å². The zero-order chi connectivity index (χ0) is 27.9. The number of hydrogen-bond donors (Lipinski definition) is 1. The molecule has 1 N–H and O–H groups in total. The van der Waals surface area contributed by atoms with Crippen molar-refractivity contribution in [3.8, 4) is 39.7 Å². The second-order valence-corrected chi connectivity index (χ2v) is 10.6. The van der Waals surface area contributed by atoms with Crippen molar-refractivity contribution >= 4 is 27.9 Å². The summed E-state index contributed by atoms with van der Waals surface area (Å²) in [7, 11) is 1.66. The Bertz CT molecular complexity index is 1900. The Labute approximate surface area is 237 Å². The first-order valence-corrected chi connectivity index (χ1v) is 14.0. The molecule has 6 aromatic rings. The van der Waals surface area contributed by atoms with Gasteiger partial charge < -0.3 is 18.8 Å². The normalized spacial score (nSPS) is 14.1. The molecule has 204 valence electrons. The van der Waals surface area contributed by atoms with Gasteiger partial charge in [0.2, 0.25) is 0 Å². The standard InChI is InChI=1S/C34H29N3O4/c1-40-25-12-13-26(32-8-5-17-41-32)27(20-25)29-15-9-21-18-22(10-14-28(21)35-29)33-36-30-19-23(34(38)39)11-16-31(30)37(33)24-6-3-2-4-7-24/h5,8-20,24H,2-4,6-7H2,1H3,(H,38,39). The van der Waals surface area contributed by atoms with Crippen LogP contribution in [0.4, 0.5) is 0 Å². The van der Waals surface area contributed by atoms with Crippen molar-refractivity contribution in [1.82, 2.24) is 14.5 Å². The lowest BCUT2D eigenvalue weighted by Crippen LogP contribution is -2.14. The van der Waals surface area contributed by atoms with E-state index in [9.17, 15) is 9.90 Å². The van der Waals surface area contributed by atoms with Gasteiger partial charge in [-0.2, -0.15) is 0 Å². The molecule has 0 amide bonds. The summed E-state index contributed by atoms with van der Waals surface area (Å²) in [6.45, 7) is 0. The Hall–Kier alpha value is -4.91. The fraction of sp³-hybridized carbons (Fsp3) is 0.206. The van der Waals surface area contributed by atoms with Gasteiger partial charge in [-0.1, -0.05) is 25.3 Å². The van der Waals surface area contributed by atoms with Gasteiger partial charge in [-0.25, -0.2) is 14.8 Å². The Morgan fingerprint density at radius 1 is 0.902 bits per heavy atom. The molecule has 0 spiro atoms. The highest BCUT2D eigenvalue weighted by molar-refractivity contribution is 5.94. The third-order valence-electron chi connectivity index (χ3n) is 8.11. The van der Waals surface area contributed by atoms with Crippen LogP contribution >= 0.6 is 0 Å². The van der Waals surface area contributed by atoms with Gasteiger partial charge in [0.25, 0.3) is 0 Å². The maximum atomic E-state index is 11.7. The van der Waals surface area contributed by atoms with Crippen LogP contribution in [0.5, 0.6) is 5.75 Å². The number of rotatable bonds is 6. The van der Waals surface area contributed by atoms with Crippen LogP contribution in [0.15, 0.2) is 89.5 Å². The number of pyridine rings is 1. The number of fused-ring (bicyclic) bond motifs is 2. The molecule has 1 aliphatic carbocycles. The number of aromatic nitrogens is 3. The molecule has 1 fully saturated rings. The topological polar surface area (TPSA) is 90.4 Å². The van der Waals surface area contributed by atoms with E-state index in [4.69, 9.17) is 19.1 Å². The van der Waals surface area contributed by atoms with E-state index in [2.05, 4.69) is 22.8 Å². The molecule has 0 atom stereocenters. The molecule has 3 aromatic carbocycles. The largest absolute Gasteiger partial charge is 0.497 e. The van der Waals surface area contributed by atoms with E-state index in [0.717, 1.165) is 69.0 Å². The van der Waals surface area contributed by atoms with Gasteiger partial charge in [0.1, 0.15) is 17.3 Å². The van der Waals surface area contributed by atoms with Crippen LogP contribution in [-0.4, -0.2) is 32.7 Å². The SMILES string of the molecule is COc1ccc(-c2ccco2)c(-c2ccc3cc(-c4nc5cc(C(=O)O)ccc5n4C4CCCCC4)ccc3n2)c1. The third kappa shape index (κ3) is 4.53. The highest BCUT2D eigenvalue weighted by atomic mass is 16.5. The van der Waals surface area contributed by atoms with Crippen LogP contribution in [-0.2, 0) is 0 Å². The van der Waals surface area contributed by atoms with E-state index in [1.165, 1.54) is 19.3 Å². The van der Waals surface area contributed by atoms with Gasteiger partial charge in [0.15, 0.2) is 0 Å². The lowest BCUT2D eigenvalue weighted by Gasteiger charge is -2.25. The molecule has 7 heteroatoms. The number of aromatic carboxylic acids is 1. The number of carbonyl (C=O) groups is 1. The minimum absolute atomic E-state index is 0.249. The van der Waals surface area contributed by atoms with Gasteiger partial charge in [-0.3, -0.25) is 0 Å². The Balaban J connectivity index is 1.34. The van der Waals surface area contributed by atoms with E-state index >= 15 is 0 Å². The monoisotopic (exact) mass is 543 g/mol. The van der Waals surface area contributed by atoms with Gasteiger partial charge in [0.05, 0.1) is 41.2 Å². The zero-order valence-electron chi connectivity index (χ0n) is 22.7. The van der Waals surface area contributed by atoms with Crippen molar-refractivity contribution in [1.29, 1.82) is 0 Å². The summed E-state index contributed by atoms with van der Waals surface area (Å²) in [4.78, 5) is 21.7. The predicted molar refractivity (Wildman–Crippen MR) is 159 cm³/mol. The number of benzene rings is 3. The second kappa shape index (κ2) is 10.2. The van der Waals surface area contributed by atoms with Crippen molar-refractivity contribution < 1.29 is 19.1 Å². The van der Waals surface area contributed by atoms with Crippen molar-refractivity contribution in [2.75, 3.05) is 7.11 Å². The summed E-state index contributed by atoms with van der Waals surface area (Å²) >= 11 is 0. The molecule has 0 bridgehead atoms. The fourth-order valence-electron chi connectivity index (χ4n) is 6.07. The average molecular weight is 544 g/mol. The van der Waals surface area contributed by atoms with E-state index in [0.29, 0.717) is 11.6 Å². The Kier molecular flexibility index (Phi) is 6.27.